The number of thiophene rings is 2. The van der Waals surface area contributed by atoms with Crippen LogP contribution < -0.4 is 0 Å². The Balaban J connectivity index is 1.35. The Morgan fingerprint density at radius 1 is 0.364 bits per heavy atom. The first-order chi connectivity index (χ1) is 26.8. The van der Waals surface area contributed by atoms with E-state index in [0.717, 1.165) is 0 Å². The third kappa shape index (κ3) is 4.38. The van der Waals surface area contributed by atoms with E-state index in [-0.39, 0.29) is 0 Å². The fraction of sp³-hybridized carbons (Fsp3) is 0.132. The Labute approximate surface area is 331 Å². The van der Waals surface area contributed by atoms with E-state index in [1.54, 1.807) is 0 Å². The quantitative estimate of drug-likeness (QED) is 0.169. The fourth-order valence-electron chi connectivity index (χ4n) is 10.2. The first-order valence-electron chi connectivity index (χ1n) is 19.3. The van der Waals surface area contributed by atoms with Gasteiger partial charge in [-0.05, 0) is 154 Å². The van der Waals surface area contributed by atoms with Crippen LogP contribution in [-0.4, -0.2) is 0 Å². The molecule has 2 heteroatoms. The van der Waals surface area contributed by atoms with Crippen LogP contribution in [0.4, 0.5) is 0 Å². The van der Waals surface area contributed by atoms with Gasteiger partial charge in [-0.3, -0.25) is 0 Å². The smallest absolute Gasteiger partial charge is 0.0720 e. The monoisotopic (exact) mass is 740 g/mol. The van der Waals surface area contributed by atoms with E-state index in [2.05, 4.69) is 186 Å². The zero-order chi connectivity index (χ0) is 37.2. The minimum Gasteiger partial charge on any atom is -0.144 e. The summed E-state index contributed by atoms with van der Waals surface area (Å²) in [5.41, 5.74) is 20.2. The van der Waals surface area contributed by atoms with Gasteiger partial charge in [0.2, 0.25) is 0 Å². The molecule has 0 unspecified atom stereocenters. The van der Waals surface area contributed by atoms with Crippen LogP contribution in [-0.2, 0) is 10.8 Å². The maximum atomic E-state index is 2.62. The highest BCUT2D eigenvalue weighted by Crippen LogP contribution is 2.64. The number of aryl methyl sites for hydroxylation is 5. The van der Waals surface area contributed by atoms with Gasteiger partial charge in [0.05, 0.1) is 10.8 Å². The molecular weight excluding hydrogens is 701 g/mol. The highest BCUT2D eigenvalue weighted by Gasteiger charge is 2.52. The standard InChI is InChI=1S/C53H40S2/c1-31-6-14-36(15-7-31)52(37-16-8-32(2)9-17-37)46-30-44-41-23-25-49-45(28-35(5)55-49)51(41)53(38-18-10-33(3)11-19-38,39-20-12-34(4)13-21-39)47(44)29-43(46)40-22-24-48-42(50(40)52)26-27-54-48/h6-30H,1-5H3. The van der Waals surface area contributed by atoms with Gasteiger partial charge in [0, 0.05) is 14.3 Å². The van der Waals surface area contributed by atoms with Crippen molar-refractivity contribution in [2.24, 2.45) is 0 Å². The summed E-state index contributed by atoms with van der Waals surface area (Å²) in [6.07, 6.45) is 0. The van der Waals surface area contributed by atoms with Crippen LogP contribution in [0, 0.1) is 34.6 Å². The average molecular weight is 741 g/mol. The van der Waals surface area contributed by atoms with E-state index in [1.807, 2.05) is 22.7 Å². The Hall–Kier alpha value is -5.54. The van der Waals surface area contributed by atoms with Gasteiger partial charge >= 0.3 is 0 Å². The molecule has 0 spiro atoms. The molecule has 9 aromatic rings. The van der Waals surface area contributed by atoms with Crippen molar-refractivity contribution in [1.29, 1.82) is 0 Å². The van der Waals surface area contributed by atoms with Crippen LogP contribution in [0.2, 0.25) is 0 Å². The van der Waals surface area contributed by atoms with Gasteiger partial charge in [-0.15, -0.1) is 22.7 Å². The molecule has 2 heterocycles. The summed E-state index contributed by atoms with van der Waals surface area (Å²) in [6, 6.07) is 57.2. The van der Waals surface area contributed by atoms with Crippen molar-refractivity contribution in [2.45, 2.75) is 45.4 Å². The molecule has 0 bridgehead atoms. The largest absolute Gasteiger partial charge is 0.144 e. The molecule has 264 valence electrons. The normalized spacial score (nSPS) is 14.6. The van der Waals surface area contributed by atoms with E-state index in [4.69, 9.17) is 0 Å². The molecular formula is C53H40S2. The average Bonchev–Trinajstić information content (AvgIpc) is 3.96. The predicted octanol–water partition coefficient (Wildman–Crippen LogP) is 14.4. The van der Waals surface area contributed by atoms with Crippen molar-refractivity contribution >= 4 is 42.8 Å². The van der Waals surface area contributed by atoms with Crippen molar-refractivity contribution < 1.29 is 0 Å². The summed E-state index contributed by atoms with van der Waals surface area (Å²) < 4.78 is 2.68. The van der Waals surface area contributed by atoms with E-state index >= 15 is 0 Å². The van der Waals surface area contributed by atoms with Crippen molar-refractivity contribution in [2.75, 3.05) is 0 Å². The van der Waals surface area contributed by atoms with Crippen LogP contribution >= 0.6 is 22.7 Å². The lowest BCUT2D eigenvalue weighted by molar-refractivity contribution is 0.764. The maximum Gasteiger partial charge on any atom is 0.0720 e. The summed E-state index contributed by atoms with van der Waals surface area (Å²) in [4.78, 5) is 1.34. The van der Waals surface area contributed by atoms with Gasteiger partial charge in [0.1, 0.15) is 0 Å². The summed E-state index contributed by atoms with van der Waals surface area (Å²) in [6.45, 7) is 11.0. The Morgan fingerprint density at radius 2 is 0.764 bits per heavy atom. The summed E-state index contributed by atoms with van der Waals surface area (Å²) >= 11 is 3.75. The third-order valence-electron chi connectivity index (χ3n) is 12.7. The lowest BCUT2D eigenvalue weighted by atomic mass is 9.65. The highest BCUT2D eigenvalue weighted by atomic mass is 32.1. The maximum absolute atomic E-state index is 2.62. The zero-order valence-corrected chi connectivity index (χ0v) is 33.4. The second kappa shape index (κ2) is 11.7. The molecule has 0 aliphatic heterocycles. The van der Waals surface area contributed by atoms with E-state index in [1.165, 1.54) is 114 Å². The van der Waals surface area contributed by atoms with Gasteiger partial charge in [0.15, 0.2) is 0 Å². The summed E-state index contributed by atoms with van der Waals surface area (Å²) in [5, 5.41) is 4.98. The molecule has 7 aromatic carbocycles. The first kappa shape index (κ1) is 32.9. The minimum absolute atomic E-state index is 0.510. The number of benzene rings is 7. The lowest BCUT2D eigenvalue weighted by Crippen LogP contribution is -2.30. The number of fused-ring (bicyclic) bond motifs is 10. The second-order valence-corrected chi connectivity index (χ2v) is 18.2. The van der Waals surface area contributed by atoms with Gasteiger partial charge in [-0.25, -0.2) is 0 Å². The van der Waals surface area contributed by atoms with Crippen LogP contribution in [0.1, 0.15) is 71.6 Å². The highest BCUT2D eigenvalue weighted by molar-refractivity contribution is 7.19. The van der Waals surface area contributed by atoms with E-state index < -0.39 is 10.8 Å². The van der Waals surface area contributed by atoms with Gasteiger partial charge in [-0.1, -0.05) is 131 Å². The van der Waals surface area contributed by atoms with Crippen LogP contribution in [0.3, 0.4) is 0 Å². The van der Waals surface area contributed by atoms with Crippen molar-refractivity contribution in [3.8, 4) is 22.3 Å². The SMILES string of the molecule is Cc1ccc(C2(c3ccc(C)cc3)c3cc4c(cc3-c3ccc5sccc5c32)C(c2ccc(C)cc2)(c2ccc(C)cc2)c2c-4ccc3sc(C)cc23)cc1. The van der Waals surface area contributed by atoms with Crippen LogP contribution in [0.25, 0.3) is 42.4 Å². The fourth-order valence-corrected chi connectivity index (χ4v) is 11.9. The molecule has 11 rings (SSSR count). The van der Waals surface area contributed by atoms with Crippen LogP contribution in [0.15, 0.2) is 151 Å². The topological polar surface area (TPSA) is 0 Å². The van der Waals surface area contributed by atoms with Crippen molar-refractivity contribution in [1.82, 2.24) is 0 Å². The minimum atomic E-state index is -0.514. The summed E-state index contributed by atoms with van der Waals surface area (Å²) in [7, 11) is 0. The molecule has 0 saturated carbocycles. The molecule has 2 aromatic heterocycles. The molecule has 0 atom stereocenters. The number of rotatable bonds is 4. The zero-order valence-electron chi connectivity index (χ0n) is 31.8. The summed E-state index contributed by atoms with van der Waals surface area (Å²) in [5.74, 6) is 0. The van der Waals surface area contributed by atoms with Gasteiger partial charge in [0.25, 0.3) is 0 Å². The Bertz CT molecular complexity index is 2900. The Kier molecular flexibility index (Phi) is 7.01. The molecule has 0 fully saturated rings. The van der Waals surface area contributed by atoms with Crippen molar-refractivity contribution in [3.63, 3.8) is 0 Å². The Morgan fingerprint density at radius 3 is 1.20 bits per heavy atom. The predicted molar refractivity (Wildman–Crippen MR) is 236 cm³/mol. The van der Waals surface area contributed by atoms with Crippen LogP contribution in [0.5, 0.6) is 0 Å². The number of hydrogen-bond donors (Lipinski definition) is 0. The molecule has 0 amide bonds. The molecule has 0 nitrogen and oxygen atoms in total. The van der Waals surface area contributed by atoms with E-state index in [9.17, 15) is 0 Å². The molecule has 0 radical (unpaired) electrons. The molecule has 0 N–H and O–H groups in total. The van der Waals surface area contributed by atoms with Crippen molar-refractivity contribution in [3.05, 3.63) is 223 Å². The lowest BCUT2D eigenvalue weighted by Gasteiger charge is -2.36. The van der Waals surface area contributed by atoms with Gasteiger partial charge < -0.3 is 0 Å². The number of hydrogen-bond acceptors (Lipinski definition) is 2. The molecule has 2 aliphatic rings. The first-order valence-corrected chi connectivity index (χ1v) is 21.0. The molecule has 55 heavy (non-hydrogen) atoms. The third-order valence-corrected chi connectivity index (χ3v) is 14.6. The van der Waals surface area contributed by atoms with Gasteiger partial charge in [-0.2, -0.15) is 0 Å². The molecule has 0 saturated heterocycles. The molecule has 2 aliphatic carbocycles. The van der Waals surface area contributed by atoms with E-state index in [0.29, 0.717) is 0 Å². The second-order valence-electron chi connectivity index (χ2n) is 16.0.